The van der Waals surface area contributed by atoms with Gasteiger partial charge in [-0.05, 0) is 12.1 Å². The molecule has 1 aromatic carbocycles. The predicted octanol–water partition coefficient (Wildman–Crippen LogP) is 0.744. The van der Waals surface area contributed by atoms with Gasteiger partial charge in [-0.2, -0.15) is 4.31 Å². The molecule has 21 heavy (non-hydrogen) atoms. The van der Waals surface area contributed by atoms with Crippen LogP contribution in [0.5, 0.6) is 0 Å². The summed E-state index contributed by atoms with van der Waals surface area (Å²) in [6.45, 7) is 7.01. The maximum Gasteiger partial charge on any atom is 0.215 e. The van der Waals surface area contributed by atoms with Crippen LogP contribution >= 0.6 is 0 Å². The van der Waals surface area contributed by atoms with E-state index >= 15 is 0 Å². The van der Waals surface area contributed by atoms with Crippen molar-refractivity contribution in [2.24, 2.45) is 0 Å². The molecule has 1 heterocycles. The molecule has 0 radical (unpaired) electrons. The number of sulfonamides is 1. The van der Waals surface area contributed by atoms with Crippen LogP contribution in [0.2, 0.25) is 0 Å². The third kappa shape index (κ3) is 5.07. The second-order valence-electron chi connectivity index (χ2n) is 5.33. The van der Waals surface area contributed by atoms with Crippen LogP contribution in [-0.4, -0.2) is 62.6 Å². The highest BCUT2D eigenvalue weighted by molar-refractivity contribution is 7.89. The van der Waals surface area contributed by atoms with Crippen LogP contribution in [-0.2, 0) is 16.6 Å². The molecule has 0 spiro atoms. The lowest BCUT2D eigenvalue weighted by molar-refractivity contribution is 0.181. The first-order valence-corrected chi connectivity index (χ1v) is 9.17. The molecule has 1 fully saturated rings. The van der Waals surface area contributed by atoms with E-state index in [4.69, 9.17) is 0 Å². The van der Waals surface area contributed by atoms with Crippen molar-refractivity contribution < 1.29 is 8.42 Å². The van der Waals surface area contributed by atoms with E-state index in [9.17, 15) is 8.42 Å². The third-order valence-electron chi connectivity index (χ3n) is 3.76. The fourth-order valence-corrected chi connectivity index (χ4v) is 3.89. The number of nitrogens with one attached hydrogen (secondary N) is 1. The molecule has 0 saturated carbocycles. The number of piperazine rings is 1. The Labute approximate surface area is 128 Å². The highest BCUT2D eigenvalue weighted by Crippen LogP contribution is 2.11. The topological polar surface area (TPSA) is 52.7 Å². The number of hydrogen-bond acceptors (Lipinski definition) is 4. The second-order valence-corrected chi connectivity index (χ2v) is 7.42. The number of hydrogen-bond donors (Lipinski definition) is 1. The Hall–Kier alpha value is -0.950. The summed E-state index contributed by atoms with van der Waals surface area (Å²) < 4.78 is 26.0. The Morgan fingerprint density at radius 3 is 2.38 bits per heavy atom. The van der Waals surface area contributed by atoms with E-state index in [1.165, 1.54) is 5.56 Å². The quantitative estimate of drug-likeness (QED) is 0.755. The van der Waals surface area contributed by atoms with Crippen molar-refractivity contribution in [2.75, 3.05) is 45.0 Å². The summed E-state index contributed by atoms with van der Waals surface area (Å²) in [6, 6.07) is 10.3. The Balaban J connectivity index is 1.80. The van der Waals surface area contributed by atoms with Gasteiger partial charge >= 0.3 is 0 Å². The van der Waals surface area contributed by atoms with Crippen molar-refractivity contribution in [2.45, 2.75) is 13.5 Å². The zero-order chi connectivity index (χ0) is 15.1. The van der Waals surface area contributed by atoms with Gasteiger partial charge in [-0.3, -0.25) is 4.90 Å². The van der Waals surface area contributed by atoms with Gasteiger partial charge in [-0.1, -0.05) is 37.3 Å². The summed E-state index contributed by atoms with van der Waals surface area (Å²) in [6.07, 6.45) is 0. The molecule has 0 amide bonds. The Morgan fingerprint density at radius 1 is 1.10 bits per heavy atom. The van der Waals surface area contributed by atoms with Gasteiger partial charge in [0, 0.05) is 39.3 Å². The molecular weight excluding hydrogens is 286 g/mol. The maximum absolute atomic E-state index is 12.2. The van der Waals surface area contributed by atoms with Gasteiger partial charge in [0.1, 0.15) is 0 Å². The van der Waals surface area contributed by atoms with Gasteiger partial charge in [0.15, 0.2) is 0 Å². The van der Waals surface area contributed by atoms with Crippen LogP contribution in [0.25, 0.3) is 0 Å². The number of nitrogens with zero attached hydrogens (tertiary/aromatic N) is 2. The highest BCUT2D eigenvalue weighted by Gasteiger charge is 2.26. The summed E-state index contributed by atoms with van der Waals surface area (Å²) in [4.78, 5) is 2.31. The van der Waals surface area contributed by atoms with Gasteiger partial charge in [0.05, 0.1) is 5.75 Å². The van der Waals surface area contributed by atoms with Gasteiger partial charge in [-0.25, -0.2) is 8.42 Å². The van der Waals surface area contributed by atoms with E-state index < -0.39 is 10.0 Å². The van der Waals surface area contributed by atoms with Gasteiger partial charge in [0.25, 0.3) is 0 Å². The average Bonchev–Trinajstić information content (AvgIpc) is 2.49. The first kappa shape index (κ1) is 16.4. The summed E-state index contributed by atoms with van der Waals surface area (Å²) in [7, 11) is -3.11. The molecule has 0 aromatic heterocycles. The van der Waals surface area contributed by atoms with E-state index in [1.807, 2.05) is 25.1 Å². The van der Waals surface area contributed by atoms with E-state index in [-0.39, 0.29) is 5.75 Å². The first-order chi connectivity index (χ1) is 10.1. The minimum atomic E-state index is -3.11. The van der Waals surface area contributed by atoms with E-state index in [1.54, 1.807) is 4.31 Å². The van der Waals surface area contributed by atoms with Crippen molar-refractivity contribution >= 4 is 10.0 Å². The third-order valence-corrected chi connectivity index (χ3v) is 5.63. The number of benzene rings is 1. The highest BCUT2D eigenvalue weighted by atomic mass is 32.2. The van der Waals surface area contributed by atoms with Gasteiger partial charge < -0.3 is 5.32 Å². The van der Waals surface area contributed by atoms with Crippen LogP contribution in [0.3, 0.4) is 0 Å². The number of rotatable bonds is 7. The monoisotopic (exact) mass is 311 g/mol. The smallest absolute Gasteiger partial charge is 0.215 e. The van der Waals surface area contributed by atoms with Crippen LogP contribution in [0.15, 0.2) is 30.3 Å². The van der Waals surface area contributed by atoms with Gasteiger partial charge in [-0.15, -0.1) is 0 Å². The standard InChI is InChI=1S/C15H25N3O2S/c1-2-16-8-13-21(19,20)18-11-9-17(10-12-18)14-15-6-4-3-5-7-15/h3-7,16H,2,8-14H2,1H3. The largest absolute Gasteiger partial charge is 0.316 e. The molecule has 0 atom stereocenters. The minimum absolute atomic E-state index is 0.194. The summed E-state index contributed by atoms with van der Waals surface area (Å²) >= 11 is 0. The first-order valence-electron chi connectivity index (χ1n) is 7.56. The second kappa shape index (κ2) is 7.89. The van der Waals surface area contributed by atoms with Crippen molar-refractivity contribution in [1.82, 2.24) is 14.5 Å². The lowest BCUT2D eigenvalue weighted by Gasteiger charge is -2.34. The summed E-state index contributed by atoms with van der Waals surface area (Å²) in [5.41, 5.74) is 1.28. The average molecular weight is 311 g/mol. The van der Waals surface area contributed by atoms with Crippen LogP contribution in [0, 0.1) is 0 Å². The zero-order valence-corrected chi connectivity index (χ0v) is 13.5. The van der Waals surface area contributed by atoms with E-state index in [2.05, 4.69) is 22.3 Å². The van der Waals surface area contributed by atoms with E-state index in [0.29, 0.717) is 19.6 Å². The Bertz CT molecular complexity index is 511. The molecule has 0 unspecified atom stereocenters. The molecule has 1 aliphatic rings. The molecule has 118 valence electrons. The van der Waals surface area contributed by atoms with E-state index in [0.717, 1.165) is 26.2 Å². The SMILES string of the molecule is CCNCCS(=O)(=O)N1CCN(Cc2ccccc2)CC1. The van der Waals surface area contributed by atoms with Crippen LogP contribution in [0.4, 0.5) is 0 Å². The lowest BCUT2D eigenvalue weighted by Crippen LogP contribution is -2.49. The van der Waals surface area contributed by atoms with Crippen molar-refractivity contribution in [3.63, 3.8) is 0 Å². The lowest BCUT2D eigenvalue weighted by atomic mass is 10.2. The fraction of sp³-hybridized carbons (Fsp3) is 0.600. The molecule has 5 nitrogen and oxygen atoms in total. The molecule has 1 saturated heterocycles. The minimum Gasteiger partial charge on any atom is -0.316 e. The zero-order valence-electron chi connectivity index (χ0n) is 12.7. The molecule has 1 aliphatic heterocycles. The molecule has 0 bridgehead atoms. The molecule has 0 aliphatic carbocycles. The molecule has 1 aromatic rings. The normalized spacial score (nSPS) is 18.0. The molecule has 2 rings (SSSR count). The molecular formula is C15H25N3O2S. The molecule has 1 N–H and O–H groups in total. The molecule has 6 heteroatoms. The van der Waals surface area contributed by atoms with Crippen LogP contribution in [0.1, 0.15) is 12.5 Å². The Morgan fingerprint density at radius 2 is 1.76 bits per heavy atom. The Kier molecular flexibility index (Phi) is 6.17. The van der Waals surface area contributed by atoms with Crippen molar-refractivity contribution in [3.8, 4) is 0 Å². The summed E-state index contributed by atoms with van der Waals surface area (Å²) in [5, 5.41) is 3.07. The maximum atomic E-state index is 12.2. The predicted molar refractivity (Wildman–Crippen MR) is 85.6 cm³/mol. The van der Waals surface area contributed by atoms with Crippen molar-refractivity contribution in [3.05, 3.63) is 35.9 Å². The fourth-order valence-electron chi connectivity index (χ4n) is 2.51. The van der Waals surface area contributed by atoms with Crippen molar-refractivity contribution in [1.29, 1.82) is 0 Å². The van der Waals surface area contributed by atoms with Gasteiger partial charge in [0.2, 0.25) is 10.0 Å². The van der Waals surface area contributed by atoms with Crippen LogP contribution < -0.4 is 5.32 Å². The summed E-state index contributed by atoms with van der Waals surface area (Å²) in [5.74, 6) is 0.194.